The molecular weight excluding hydrogens is 1540 g/mol. The molecule has 1 aliphatic rings. The quantitative estimate of drug-likeness (QED) is 0.0103. The minimum Gasteiger partial charge on any atom is -0.497 e. The molecule has 624 valence electrons. The molecule has 1 aliphatic heterocycles. The summed E-state index contributed by atoms with van der Waals surface area (Å²) in [6.45, 7) is 8.14. The van der Waals surface area contributed by atoms with Gasteiger partial charge in [0.15, 0.2) is 23.8 Å². The van der Waals surface area contributed by atoms with Crippen molar-refractivity contribution in [1.82, 2.24) is 30.2 Å². The number of aliphatic imine (C=N–C) groups is 13. The summed E-state index contributed by atoms with van der Waals surface area (Å²) in [5, 5.41) is 223. The number of nitrogens with zero attached hydrogens (tertiary/aromatic N) is 15. The summed E-state index contributed by atoms with van der Waals surface area (Å²) in [6.07, 6.45) is 2.04. The number of aliphatic hydroxyl groups excluding tert-OH is 16. The summed E-state index contributed by atoms with van der Waals surface area (Å²) in [5.41, 5.74) is 7.76. The third kappa shape index (κ3) is 30.0. The number of aliphatic hydroxyl groups is 16. The Labute approximate surface area is 667 Å². The van der Waals surface area contributed by atoms with E-state index in [9.17, 15) is 91.6 Å². The normalized spacial score (nSPS) is 23.1. The van der Waals surface area contributed by atoms with Gasteiger partial charge in [0.2, 0.25) is 76.7 Å². The van der Waals surface area contributed by atoms with Gasteiger partial charge in [0.05, 0.1) is 25.2 Å². The molecule has 3 aromatic heterocycles. The van der Waals surface area contributed by atoms with Gasteiger partial charge < -0.3 is 113 Å². The molecule has 26 N–H and O–H groups in total. The van der Waals surface area contributed by atoms with Crippen molar-refractivity contribution < 1.29 is 91.6 Å². The third-order valence-corrected chi connectivity index (χ3v) is 19.8. The second-order valence-electron chi connectivity index (χ2n) is 27.0. The number of para-hydroxylation sites is 1. The molecule has 2 aromatic carbocycles. The molecule has 43 heteroatoms. The highest BCUT2D eigenvalue weighted by Gasteiger charge is 2.34. The summed E-state index contributed by atoms with van der Waals surface area (Å²) >= 11 is 0. The number of carbonyl (C=O) groups is 1. The first-order valence-corrected chi connectivity index (χ1v) is 38.8. The fraction of sp³-hybridized carbons (Fsp3) is 0.486. The number of aromatic amines is 3. The molecule has 0 aliphatic carbocycles. The van der Waals surface area contributed by atoms with Crippen molar-refractivity contribution in [3.8, 4) is 0 Å². The molecule has 0 radical (unpaired) electrons. The van der Waals surface area contributed by atoms with Gasteiger partial charge in [0, 0.05) is 98.0 Å². The van der Waals surface area contributed by atoms with Crippen LogP contribution in [0.1, 0.15) is 103 Å². The van der Waals surface area contributed by atoms with Gasteiger partial charge in [-0.05, 0) is 55.2 Å². The van der Waals surface area contributed by atoms with Crippen LogP contribution in [0.15, 0.2) is 151 Å². The summed E-state index contributed by atoms with van der Waals surface area (Å²) in [7, 11) is 1.74. The molecular formula is C72H101N23O18S2. The molecule has 0 spiro atoms. The van der Waals surface area contributed by atoms with E-state index < -0.39 is 222 Å². The van der Waals surface area contributed by atoms with E-state index in [2.05, 4.69) is 95.1 Å². The number of aliphatic carboxylic acids is 1. The molecule has 0 bridgehead atoms. The lowest BCUT2D eigenvalue weighted by Gasteiger charge is -2.22. The number of guanidine groups is 1. The van der Waals surface area contributed by atoms with Gasteiger partial charge in [-0.15, -0.1) is 0 Å². The Morgan fingerprint density at radius 1 is 0.609 bits per heavy atom. The Morgan fingerprint density at radius 2 is 1.15 bits per heavy atom. The monoisotopic (exact) mass is 1640 g/mol. The fourth-order valence-electron chi connectivity index (χ4n) is 11.2. The fourth-order valence-corrected chi connectivity index (χ4v) is 13.4. The summed E-state index contributed by atoms with van der Waals surface area (Å²) in [6, 6.07) is -4.67. The predicted octanol–water partition coefficient (Wildman–Crippen LogP) is 7.83. The number of carboxylic acids is 1. The van der Waals surface area contributed by atoms with Crippen molar-refractivity contribution in [3.63, 3.8) is 0 Å². The van der Waals surface area contributed by atoms with Crippen LogP contribution in [0.5, 0.6) is 0 Å². The number of aromatic nitrogens is 5. The van der Waals surface area contributed by atoms with Crippen molar-refractivity contribution in [1.29, 1.82) is 16.2 Å². The van der Waals surface area contributed by atoms with Crippen LogP contribution < -0.4 is 11.1 Å². The lowest BCUT2D eigenvalue weighted by Crippen LogP contribution is -2.35. The van der Waals surface area contributed by atoms with E-state index in [1.807, 2.05) is 0 Å². The Balaban J connectivity index is 1.67. The second kappa shape index (κ2) is 45.5. The number of fused-ring (bicyclic) bond motifs is 1. The minimum absolute atomic E-state index is 0.0197. The van der Waals surface area contributed by atoms with Crippen molar-refractivity contribution >= 4 is 133 Å². The zero-order valence-corrected chi connectivity index (χ0v) is 65.4. The van der Waals surface area contributed by atoms with Crippen LogP contribution in [0.3, 0.4) is 0 Å². The third-order valence-electron chi connectivity index (χ3n) is 17.4. The minimum atomic E-state index is -2.04. The first-order valence-electron chi connectivity index (χ1n) is 36.3. The van der Waals surface area contributed by atoms with E-state index in [4.69, 9.17) is 22.0 Å². The highest BCUT2D eigenvalue weighted by atomic mass is 33.1. The first-order chi connectivity index (χ1) is 54.6. The maximum atomic E-state index is 12.7. The smallest absolute Gasteiger partial charge is 0.306 e. The molecule has 5 aromatic rings. The average molecular weight is 1640 g/mol. The van der Waals surface area contributed by atoms with Crippen molar-refractivity contribution in [2.45, 2.75) is 184 Å². The molecule has 6 rings (SSSR count). The lowest BCUT2D eigenvalue weighted by molar-refractivity contribution is -0.137. The van der Waals surface area contributed by atoms with Gasteiger partial charge in [-0.2, -0.15) is 0 Å². The van der Waals surface area contributed by atoms with Crippen LogP contribution in [-0.4, -0.2) is 315 Å². The van der Waals surface area contributed by atoms with E-state index >= 15 is 0 Å². The molecule has 115 heavy (non-hydrogen) atoms. The van der Waals surface area contributed by atoms with E-state index in [0.717, 1.165) is 28.5 Å². The van der Waals surface area contributed by atoms with Gasteiger partial charge in [-0.25, -0.2) is 74.9 Å². The Kier molecular flexibility index (Phi) is 36.3. The number of hydrogen-bond acceptors (Lipinski definition) is 22. The molecule has 0 fully saturated rings. The maximum Gasteiger partial charge on any atom is 0.306 e. The highest BCUT2D eigenvalue weighted by molar-refractivity contribution is 8.76. The zero-order valence-electron chi connectivity index (χ0n) is 63.8. The first kappa shape index (κ1) is 91.7. The van der Waals surface area contributed by atoms with Gasteiger partial charge in [0.25, 0.3) is 0 Å². The predicted molar refractivity (Wildman–Crippen MR) is 446 cm³/mol. The van der Waals surface area contributed by atoms with Gasteiger partial charge in [0.1, 0.15) is 73.0 Å². The van der Waals surface area contributed by atoms with Crippen LogP contribution in [0.4, 0.5) is 0 Å². The van der Waals surface area contributed by atoms with Crippen LogP contribution in [0, 0.1) is 28.1 Å². The second-order valence-corrected chi connectivity index (χ2v) is 29.5. The number of nitrogens with two attached hydrogens (primary N) is 1. The number of H-pyrrole nitrogens is 3. The van der Waals surface area contributed by atoms with Crippen molar-refractivity contribution in [2.24, 2.45) is 82.5 Å². The number of hydrogen-bond donors (Lipinski definition) is 25. The van der Waals surface area contributed by atoms with E-state index in [0.29, 0.717) is 39.8 Å². The van der Waals surface area contributed by atoms with Crippen LogP contribution in [-0.2, 0) is 30.5 Å². The van der Waals surface area contributed by atoms with Crippen molar-refractivity contribution in [2.75, 3.05) is 24.6 Å². The number of imidazole rings is 2. The lowest BCUT2D eigenvalue weighted by atomic mass is 9.99. The van der Waals surface area contributed by atoms with Crippen LogP contribution in [0.2, 0.25) is 0 Å². The largest absolute Gasteiger partial charge is 0.497 e. The topological polar surface area (TPSA) is 704 Å². The van der Waals surface area contributed by atoms with Gasteiger partial charge in [-0.3, -0.25) is 21.0 Å². The average Bonchev–Trinajstić information content (AvgIpc) is 1.72. The number of benzene rings is 2. The maximum absolute atomic E-state index is 12.7. The molecule has 0 amide bonds. The molecule has 14 atom stereocenters. The highest BCUT2D eigenvalue weighted by Crippen LogP contribution is 2.28. The molecule has 41 nitrogen and oxygen atoms in total. The van der Waals surface area contributed by atoms with E-state index in [1.54, 1.807) is 88.5 Å². The van der Waals surface area contributed by atoms with Crippen LogP contribution in [0.25, 0.3) is 10.9 Å². The molecule has 0 saturated carbocycles. The van der Waals surface area contributed by atoms with E-state index in [-0.39, 0.29) is 50.8 Å². The van der Waals surface area contributed by atoms with Gasteiger partial charge in [-0.1, -0.05) is 104 Å². The van der Waals surface area contributed by atoms with Crippen LogP contribution >= 0.6 is 21.6 Å². The standard InChI is InChI=1S/C72H101N23O18S2/c1-7-36(4)58(84-38(6)97)71(113)93-53-32-115-114-31-52(69(111)95-59(37(5)96)60(74)102)92-62(104)45(18-13-21-79-72(75)76)86-66(108)50(25-42-29-78-34-83-42)89-65(107)49(24-41-28-77-33-82-41)85-55(99)30-81-61(103)48(23-40-27-80-44-17-12-11-16-43(40)44)88-67(109)51(26-56(100)101)90-63(105)46(19-20-54(73)98)87-64(106)47(22-39-14-9-8-10-15-39)91-70(112)57(35(2)3)94-68(53)110/h8-12,14-17,27-29,33-37,45-53,57-59,80,96H,7,13,18-26,30-32H2,1-6H3,(H2,73,98)(H2,74,102)(H,77,82)(H,78,83)(H,81,103)(H,84,97)(H,85,99)(H,86,108)(H,87,106)(H,88,109)(H,89,107)(H,90,105)(H,91,112)(H,92,104)(H,93,113)(H,94,110)(H,95,111)(H,100,101)(H4,75,76,79)/t36-,37+,45-,46-,47+,48-,49-,50+,51+,52-,53-,57-,58-,59-/m0/s1. The van der Waals surface area contributed by atoms with Gasteiger partial charge >= 0.3 is 5.97 Å². The number of rotatable bonds is 27. The summed E-state index contributed by atoms with van der Waals surface area (Å²) in [4.78, 5) is 85.5. The Morgan fingerprint density at radius 3 is 1.71 bits per heavy atom. The van der Waals surface area contributed by atoms with Crippen molar-refractivity contribution in [3.05, 3.63) is 108 Å². The number of carboxylic acid groups (broad SMARTS) is 1. The number of nitrogens with one attached hydrogen (secondary N) is 7. The Bertz CT molecular complexity index is 4440. The molecule has 0 saturated heterocycles. The zero-order chi connectivity index (χ0) is 84.6. The summed E-state index contributed by atoms with van der Waals surface area (Å²) < 4.78 is 0. The summed E-state index contributed by atoms with van der Waals surface area (Å²) in [5.74, 6) is -17.7. The molecule has 0 unspecified atom stereocenters. The van der Waals surface area contributed by atoms with E-state index in [1.165, 1.54) is 32.0 Å². The Hall–Kier alpha value is -12.2. The SMILES string of the molecule is CC[C@H](C)[C@H](N=C(C)O)C(O)=N[C@H]1CSSC[C@@H](C(O)=N[C@H](C(=N)O)[C@@H](C)O)N=C(O)[C@H](CCCNC(=N)N)N=C(O)[C@@H](Cc2cnc[nH]2)N=C(O)[C@H](Cc2cnc[nH]2)N=C(O)CN=C(O)[C@H](Cc2c[nH]c3ccccc23)N=C(O)[C@@H](CC(=O)O)N=C(O)[C@H](CCC(=N)O)N=C(O)[C@@H](Cc2ccccc2)N=C(O)[C@H](C(C)C)N=C1O. The molecule has 4 heterocycles.